The fraction of sp³-hybridized carbons (Fsp3) is 0.526. The number of benzene rings is 1. The van der Waals surface area contributed by atoms with E-state index in [2.05, 4.69) is 18.7 Å². The summed E-state index contributed by atoms with van der Waals surface area (Å²) in [4.78, 5) is 16.8. The summed E-state index contributed by atoms with van der Waals surface area (Å²) in [7, 11) is 1.91. The van der Waals surface area contributed by atoms with Crippen LogP contribution in [0.4, 0.5) is 0 Å². The molecule has 1 heterocycles. The van der Waals surface area contributed by atoms with Crippen molar-refractivity contribution in [3.8, 4) is 0 Å². The van der Waals surface area contributed by atoms with Crippen molar-refractivity contribution >= 4 is 36.0 Å². The first kappa shape index (κ1) is 21.0. The summed E-state index contributed by atoms with van der Waals surface area (Å²) < 4.78 is 0. The Bertz CT molecular complexity index is 558. The maximum absolute atomic E-state index is 12.4. The zero-order valence-corrected chi connectivity index (χ0v) is 16.3. The van der Waals surface area contributed by atoms with Crippen LogP contribution in [-0.2, 0) is 4.79 Å². The fourth-order valence-electron chi connectivity index (χ4n) is 3.30. The lowest BCUT2D eigenvalue weighted by Crippen LogP contribution is -2.40. The average molecular weight is 371 g/mol. The molecule has 1 atom stereocenters. The van der Waals surface area contributed by atoms with E-state index in [-0.39, 0.29) is 18.3 Å². The largest absolute Gasteiger partial charge is 0.338 e. The second-order valence-electron chi connectivity index (χ2n) is 6.25. The number of carbonyl (C=O) groups excluding carboxylic acids is 1. The van der Waals surface area contributed by atoms with E-state index in [1.807, 2.05) is 42.3 Å². The molecule has 1 amide bonds. The number of carbonyl (C=O) groups is 1. The number of nitrogens with zero attached hydrogens (tertiary/aromatic N) is 2. The van der Waals surface area contributed by atoms with Gasteiger partial charge < -0.3 is 4.90 Å². The van der Waals surface area contributed by atoms with Crippen LogP contribution in [0.5, 0.6) is 0 Å². The maximum Gasteiger partial charge on any atom is 0.246 e. The van der Waals surface area contributed by atoms with Crippen LogP contribution in [0.1, 0.15) is 38.7 Å². The summed E-state index contributed by atoms with van der Waals surface area (Å²) in [6.45, 7) is 6.56. The van der Waals surface area contributed by atoms with Crippen LogP contribution in [0.3, 0.4) is 0 Å². The molecule has 1 aromatic carbocycles. The molecule has 1 saturated heterocycles. The van der Waals surface area contributed by atoms with E-state index >= 15 is 0 Å². The van der Waals surface area contributed by atoms with Crippen LogP contribution in [0, 0.1) is 0 Å². The molecule has 0 radical (unpaired) electrons. The molecule has 0 aliphatic carbocycles. The van der Waals surface area contributed by atoms with E-state index in [0.717, 1.165) is 25.1 Å². The number of rotatable bonds is 6. The van der Waals surface area contributed by atoms with Gasteiger partial charge in [-0.15, -0.1) is 12.4 Å². The number of likely N-dealkylation sites (tertiary alicyclic amines) is 1. The molecule has 0 N–H and O–H groups in total. The minimum atomic E-state index is 0. The van der Waals surface area contributed by atoms with Gasteiger partial charge in [-0.1, -0.05) is 37.6 Å². The topological polar surface area (TPSA) is 23.6 Å². The van der Waals surface area contributed by atoms with E-state index in [0.29, 0.717) is 17.1 Å². The second kappa shape index (κ2) is 10.1. The third-order valence-corrected chi connectivity index (χ3v) is 5.05. The summed E-state index contributed by atoms with van der Waals surface area (Å²) in [5.74, 6) is 0.0568. The Kier molecular flexibility index (Phi) is 8.82. The first-order valence-corrected chi connectivity index (χ1v) is 8.87. The Hall–Kier alpha value is -1.03. The van der Waals surface area contributed by atoms with E-state index < -0.39 is 0 Å². The van der Waals surface area contributed by atoms with Crippen molar-refractivity contribution in [1.29, 1.82) is 0 Å². The van der Waals surface area contributed by atoms with Gasteiger partial charge >= 0.3 is 0 Å². The first-order chi connectivity index (χ1) is 11.0. The monoisotopic (exact) mass is 370 g/mol. The van der Waals surface area contributed by atoms with Gasteiger partial charge in [0.1, 0.15) is 0 Å². The standard InChI is InChI=1S/C19H27ClN2O.ClH/c1-4-17(5-2)22-12-11-18(14-22)21(3)19(23)10-9-15-7-6-8-16(20)13-15;/h6-10,13,17-18H,4-5,11-12,14H2,1-3H3;1H/b10-9+;. The molecule has 1 aliphatic rings. The van der Waals surface area contributed by atoms with Gasteiger partial charge in [0.05, 0.1) is 0 Å². The van der Waals surface area contributed by atoms with Crippen LogP contribution < -0.4 is 0 Å². The second-order valence-corrected chi connectivity index (χ2v) is 6.68. The molecule has 24 heavy (non-hydrogen) atoms. The van der Waals surface area contributed by atoms with Gasteiger partial charge in [-0.3, -0.25) is 9.69 Å². The minimum Gasteiger partial charge on any atom is -0.338 e. The molecule has 1 fully saturated rings. The number of amides is 1. The molecule has 1 unspecified atom stereocenters. The Labute approximate surface area is 157 Å². The van der Waals surface area contributed by atoms with Crippen molar-refractivity contribution in [3.05, 3.63) is 40.9 Å². The van der Waals surface area contributed by atoms with Gasteiger partial charge in [0.15, 0.2) is 0 Å². The first-order valence-electron chi connectivity index (χ1n) is 8.49. The van der Waals surface area contributed by atoms with Crippen LogP contribution in [-0.4, -0.2) is 47.9 Å². The van der Waals surface area contributed by atoms with Crippen molar-refractivity contribution in [2.75, 3.05) is 20.1 Å². The average Bonchev–Trinajstić information content (AvgIpc) is 3.03. The van der Waals surface area contributed by atoms with Gasteiger partial charge in [0.25, 0.3) is 0 Å². The fourth-order valence-corrected chi connectivity index (χ4v) is 3.49. The number of halogens is 2. The molecule has 2 rings (SSSR count). The van der Waals surface area contributed by atoms with Crippen molar-refractivity contribution in [2.24, 2.45) is 0 Å². The normalized spacial score (nSPS) is 18.1. The maximum atomic E-state index is 12.4. The Balaban J connectivity index is 0.00000288. The Morgan fingerprint density at radius 1 is 1.42 bits per heavy atom. The number of hydrogen-bond acceptors (Lipinski definition) is 2. The molecule has 5 heteroatoms. The molecule has 0 saturated carbocycles. The van der Waals surface area contributed by atoms with E-state index in [9.17, 15) is 4.79 Å². The quantitative estimate of drug-likeness (QED) is 0.688. The zero-order valence-electron chi connectivity index (χ0n) is 14.7. The summed E-state index contributed by atoms with van der Waals surface area (Å²) in [5.41, 5.74) is 0.948. The third kappa shape index (κ3) is 5.51. The molecule has 1 aromatic rings. The predicted molar refractivity (Wildman–Crippen MR) is 105 cm³/mol. The molecular formula is C19H28Cl2N2O. The highest BCUT2D eigenvalue weighted by Crippen LogP contribution is 2.20. The van der Waals surface area contributed by atoms with E-state index in [1.54, 1.807) is 6.08 Å². The Morgan fingerprint density at radius 3 is 2.75 bits per heavy atom. The van der Waals surface area contributed by atoms with E-state index in [4.69, 9.17) is 11.6 Å². The van der Waals surface area contributed by atoms with Crippen LogP contribution in [0.2, 0.25) is 5.02 Å². The van der Waals surface area contributed by atoms with Crippen LogP contribution in [0.25, 0.3) is 6.08 Å². The Morgan fingerprint density at radius 2 is 2.12 bits per heavy atom. The highest BCUT2D eigenvalue weighted by Gasteiger charge is 2.30. The van der Waals surface area contributed by atoms with Gasteiger partial charge in [-0.2, -0.15) is 0 Å². The summed E-state index contributed by atoms with van der Waals surface area (Å²) in [5, 5.41) is 0.685. The zero-order chi connectivity index (χ0) is 16.8. The van der Waals surface area contributed by atoms with E-state index in [1.165, 1.54) is 12.8 Å². The molecular weight excluding hydrogens is 343 g/mol. The van der Waals surface area contributed by atoms with Crippen molar-refractivity contribution < 1.29 is 4.79 Å². The van der Waals surface area contributed by atoms with Crippen molar-refractivity contribution in [3.63, 3.8) is 0 Å². The lowest BCUT2D eigenvalue weighted by molar-refractivity contribution is -0.126. The van der Waals surface area contributed by atoms with Gasteiger partial charge in [0, 0.05) is 43.3 Å². The molecule has 0 spiro atoms. The molecule has 0 bridgehead atoms. The molecule has 1 aliphatic heterocycles. The van der Waals surface area contributed by atoms with Crippen molar-refractivity contribution in [2.45, 2.75) is 45.2 Å². The van der Waals surface area contributed by atoms with Gasteiger partial charge in [-0.05, 0) is 43.0 Å². The highest BCUT2D eigenvalue weighted by molar-refractivity contribution is 6.30. The van der Waals surface area contributed by atoms with Crippen LogP contribution in [0.15, 0.2) is 30.3 Å². The molecule has 3 nitrogen and oxygen atoms in total. The SMILES string of the molecule is CCC(CC)N1CCC(N(C)C(=O)/C=C/c2cccc(Cl)c2)C1.Cl. The highest BCUT2D eigenvalue weighted by atomic mass is 35.5. The minimum absolute atomic E-state index is 0. The summed E-state index contributed by atoms with van der Waals surface area (Å²) >= 11 is 5.96. The number of hydrogen-bond donors (Lipinski definition) is 0. The summed E-state index contributed by atoms with van der Waals surface area (Å²) in [6, 6.07) is 8.48. The molecule has 0 aromatic heterocycles. The smallest absolute Gasteiger partial charge is 0.246 e. The summed E-state index contributed by atoms with van der Waals surface area (Å²) in [6.07, 6.45) is 6.89. The third-order valence-electron chi connectivity index (χ3n) is 4.82. The van der Waals surface area contributed by atoms with Gasteiger partial charge in [0.2, 0.25) is 5.91 Å². The van der Waals surface area contributed by atoms with Gasteiger partial charge in [-0.25, -0.2) is 0 Å². The van der Waals surface area contributed by atoms with Crippen molar-refractivity contribution in [1.82, 2.24) is 9.80 Å². The predicted octanol–water partition coefficient (Wildman–Crippen LogP) is 4.50. The molecule has 134 valence electrons. The number of likely N-dealkylation sites (N-methyl/N-ethyl adjacent to an activating group) is 1. The lowest BCUT2D eigenvalue weighted by atomic mass is 10.1. The lowest BCUT2D eigenvalue weighted by Gasteiger charge is -2.28. The van der Waals surface area contributed by atoms with Crippen LogP contribution >= 0.6 is 24.0 Å².